The molecule has 2 amide bonds. The fourth-order valence-electron chi connectivity index (χ4n) is 6.62. The maximum Gasteiger partial charge on any atom is 0.309 e. The predicted molar refractivity (Wildman–Crippen MR) is 211 cm³/mol. The molecule has 1 unspecified atom stereocenters. The van der Waals surface area contributed by atoms with E-state index in [-0.39, 0.29) is 22.9 Å². The van der Waals surface area contributed by atoms with Gasteiger partial charge >= 0.3 is 5.97 Å². The van der Waals surface area contributed by atoms with Crippen LogP contribution in [0.5, 0.6) is 5.75 Å². The number of unbranched alkanes of at least 4 members (excludes halogenated alkanes) is 2. The second-order valence-electron chi connectivity index (χ2n) is 13.3. The highest BCUT2D eigenvalue weighted by Gasteiger charge is 2.42. The molecule has 2 atom stereocenters. The summed E-state index contributed by atoms with van der Waals surface area (Å²) in [5.74, 6) is -2.36. The molecule has 1 aliphatic rings. The van der Waals surface area contributed by atoms with Crippen LogP contribution in [0.1, 0.15) is 64.0 Å². The molecule has 1 heterocycles. The topological polar surface area (TPSA) is 142 Å². The van der Waals surface area contributed by atoms with Crippen LogP contribution in [0.2, 0.25) is 0 Å². The molecule has 282 valence electrons. The van der Waals surface area contributed by atoms with Crippen molar-refractivity contribution >= 4 is 62.5 Å². The molecule has 0 aliphatic carbocycles. The predicted octanol–water partition coefficient (Wildman–Crippen LogP) is 7.12. The Bertz CT molecular complexity index is 1750. The summed E-state index contributed by atoms with van der Waals surface area (Å²) in [6.45, 7) is 4.25. The number of amides is 2. The molecule has 3 aromatic carbocycles. The zero-order valence-electron chi connectivity index (χ0n) is 30.4. The zero-order valence-corrected chi connectivity index (χ0v) is 32.9. The van der Waals surface area contributed by atoms with Gasteiger partial charge in [-0.3, -0.25) is 14.4 Å². The number of fused-ring (bicyclic) bond motifs is 1. The van der Waals surface area contributed by atoms with Gasteiger partial charge in [0.1, 0.15) is 11.8 Å². The molecule has 0 radical (unpaired) electrons. The Kier molecular flexibility index (Phi) is 15.3. The highest BCUT2D eigenvalue weighted by Crippen LogP contribution is 2.47. The molecule has 10 nitrogen and oxygen atoms in total. The molecule has 0 saturated heterocycles. The van der Waals surface area contributed by atoms with Crippen molar-refractivity contribution in [3.8, 4) is 5.75 Å². The van der Waals surface area contributed by atoms with Gasteiger partial charge < -0.3 is 25.4 Å². The molecule has 3 aromatic rings. The summed E-state index contributed by atoms with van der Waals surface area (Å²) >= 11 is 2.76. The molecular weight excluding hydrogens is 719 g/mol. The van der Waals surface area contributed by atoms with Crippen molar-refractivity contribution in [2.24, 2.45) is 11.3 Å². The number of rotatable bonds is 19. The Morgan fingerprint density at radius 1 is 0.962 bits per heavy atom. The second-order valence-corrected chi connectivity index (χ2v) is 17.0. The zero-order chi connectivity index (χ0) is 37.7. The van der Waals surface area contributed by atoms with Gasteiger partial charge in [-0.2, -0.15) is 11.8 Å². The van der Waals surface area contributed by atoms with Gasteiger partial charge in [-0.1, -0.05) is 88.1 Å². The summed E-state index contributed by atoms with van der Waals surface area (Å²) in [7, 11) is -3.79. The third-order valence-corrected chi connectivity index (χ3v) is 12.8. The second kappa shape index (κ2) is 19.4. The number of hydrogen-bond acceptors (Lipinski definition) is 9. The van der Waals surface area contributed by atoms with E-state index in [1.165, 1.54) is 23.5 Å². The summed E-state index contributed by atoms with van der Waals surface area (Å²) in [4.78, 5) is 41.4. The molecular formula is C39H51N3O7S3. The van der Waals surface area contributed by atoms with E-state index < -0.39 is 51.6 Å². The van der Waals surface area contributed by atoms with E-state index in [4.69, 9.17) is 4.74 Å². The number of anilines is 2. The number of thioether (sulfide) groups is 2. The first-order chi connectivity index (χ1) is 25.0. The molecule has 0 spiro atoms. The minimum absolute atomic E-state index is 0.0163. The minimum atomic E-state index is -3.79. The SMILES string of the molecule is CCCCC1(CCCC)CN(c2ccccc2)c2cc(SC)c(OCC(=O)N[C@@H](C(=O)NCC(CSC)C(=O)O)c3ccccc3)cc2S(=O)(=O)C1. The molecule has 0 aromatic heterocycles. The number of carbonyl (C=O) groups excluding carboxylic acids is 2. The molecule has 3 N–H and O–H groups in total. The quantitative estimate of drug-likeness (QED) is 0.108. The Balaban J connectivity index is 1.64. The number of nitrogens with one attached hydrogen (secondary N) is 2. The third-order valence-electron chi connectivity index (χ3n) is 9.35. The van der Waals surface area contributed by atoms with Crippen LogP contribution in [0.4, 0.5) is 11.4 Å². The van der Waals surface area contributed by atoms with Crippen molar-refractivity contribution in [1.82, 2.24) is 10.6 Å². The summed E-state index contributed by atoms with van der Waals surface area (Å²) < 4.78 is 34.9. The lowest BCUT2D eigenvalue weighted by molar-refractivity contribution is -0.141. The first-order valence-corrected chi connectivity index (χ1v) is 22.0. The normalized spacial score (nSPS) is 15.8. The number of carbonyl (C=O) groups is 3. The van der Waals surface area contributed by atoms with Crippen molar-refractivity contribution in [2.45, 2.75) is 68.2 Å². The molecule has 1 aliphatic heterocycles. The van der Waals surface area contributed by atoms with Gasteiger partial charge in [0.25, 0.3) is 5.91 Å². The number of hydrogen-bond donors (Lipinski definition) is 3. The molecule has 4 rings (SSSR count). The van der Waals surface area contributed by atoms with E-state index in [9.17, 15) is 27.9 Å². The average molecular weight is 770 g/mol. The number of benzene rings is 3. The van der Waals surface area contributed by atoms with Crippen molar-refractivity contribution in [3.63, 3.8) is 0 Å². The molecule has 13 heteroatoms. The van der Waals surface area contributed by atoms with E-state index in [1.54, 1.807) is 42.7 Å². The van der Waals surface area contributed by atoms with Crippen LogP contribution in [-0.2, 0) is 24.2 Å². The summed E-state index contributed by atoms with van der Waals surface area (Å²) in [6, 6.07) is 20.8. The van der Waals surface area contributed by atoms with Gasteiger partial charge in [0.15, 0.2) is 16.4 Å². The number of carboxylic acids is 1. The Hall–Kier alpha value is -3.68. The fourth-order valence-corrected chi connectivity index (χ4v) is 9.94. The Morgan fingerprint density at radius 2 is 1.60 bits per heavy atom. The lowest BCUT2D eigenvalue weighted by Gasteiger charge is -2.37. The number of carboxylic acid groups (broad SMARTS) is 1. The van der Waals surface area contributed by atoms with Crippen LogP contribution in [-0.4, -0.2) is 75.0 Å². The Labute approximate surface area is 316 Å². The average Bonchev–Trinajstić information content (AvgIpc) is 3.24. The smallest absolute Gasteiger partial charge is 0.309 e. The van der Waals surface area contributed by atoms with Crippen molar-refractivity contribution in [2.75, 3.05) is 48.6 Å². The van der Waals surface area contributed by atoms with Crippen LogP contribution in [0, 0.1) is 11.3 Å². The maximum atomic E-state index is 14.4. The summed E-state index contributed by atoms with van der Waals surface area (Å²) in [5, 5.41) is 14.9. The fraction of sp³-hybridized carbons (Fsp3) is 0.462. The lowest BCUT2D eigenvalue weighted by Crippen LogP contribution is -2.44. The molecule has 0 saturated carbocycles. The van der Waals surface area contributed by atoms with Crippen LogP contribution in [0.25, 0.3) is 0 Å². The minimum Gasteiger partial charge on any atom is -0.483 e. The van der Waals surface area contributed by atoms with E-state index in [0.717, 1.165) is 44.2 Å². The first kappa shape index (κ1) is 41.1. The lowest BCUT2D eigenvalue weighted by atomic mass is 9.79. The van der Waals surface area contributed by atoms with Crippen molar-refractivity contribution in [1.29, 1.82) is 0 Å². The van der Waals surface area contributed by atoms with Gasteiger partial charge in [0.2, 0.25) is 5.91 Å². The van der Waals surface area contributed by atoms with Gasteiger partial charge in [-0.15, -0.1) is 11.8 Å². The van der Waals surface area contributed by atoms with Gasteiger partial charge in [0.05, 0.1) is 27.1 Å². The van der Waals surface area contributed by atoms with E-state index >= 15 is 0 Å². The van der Waals surface area contributed by atoms with Crippen LogP contribution in [0.15, 0.2) is 82.6 Å². The number of nitrogens with zero attached hydrogens (tertiary/aromatic N) is 1. The van der Waals surface area contributed by atoms with Crippen molar-refractivity contribution < 1.29 is 32.6 Å². The highest BCUT2D eigenvalue weighted by atomic mass is 32.2. The summed E-state index contributed by atoms with van der Waals surface area (Å²) in [5.41, 5.74) is 1.56. The van der Waals surface area contributed by atoms with E-state index in [0.29, 0.717) is 28.4 Å². The largest absolute Gasteiger partial charge is 0.483 e. The molecule has 52 heavy (non-hydrogen) atoms. The van der Waals surface area contributed by atoms with Crippen LogP contribution < -0.4 is 20.3 Å². The standard InChI is InChI=1S/C39H51N3O7S3/c1-5-7-19-39(20-8-6-2)26-42(30-17-13-10-14-18-30)31-21-33(51-4)32(22-34(31)52(47,48)27-39)49-24-35(43)41-36(28-15-11-9-12-16-28)37(44)40-23-29(25-50-3)38(45)46/h9-18,21-22,29,36H,5-8,19-20,23-27H2,1-4H3,(H,40,44)(H,41,43)(H,45,46)/t29?,36-/m1/s1. The van der Waals surface area contributed by atoms with Crippen LogP contribution >= 0.6 is 23.5 Å². The number of ether oxygens (including phenoxy) is 1. The van der Waals surface area contributed by atoms with Gasteiger partial charge in [0, 0.05) is 36.0 Å². The first-order valence-electron chi connectivity index (χ1n) is 17.7. The molecule has 0 fully saturated rings. The van der Waals surface area contributed by atoms with E-state index in [2.05, 4.69) is 29.4 Å². The van der Waals surface area contributed by atoms with Crippen molar-refractivity contribution in [3.05, 3.63) is 78.4 Å². The van der Waals surface area contributed by atoms with Gasteiger partial charge in [-0.05, 0) is 49.1 Å². The highest BCUT2D eigenvalue weighted by molar-refractivity contribution is 7.98. The molecule has 0 bridgehead atoms. The Morgan fingerprint density at radius 3 is 2.17 bits per heavy atom. The monoisotopic (exact) mass is 769 g/mol. The maximum absolute atomic E-state index is 14.4. The van der Waals surface area contributed by atoms with Crippen LogP contribution in [0.3, 0.4) is 0 Å². The van der Waals surface area contributed by atoms with Gasteiger partial charge in [-0.25, -0.2) is 8.42 Å². The number of aliphatic carboxylic acids is 1. The third kappa shape index (κ3) is 10.7. The van der Waals surface area contributed by atoms with E-state index in [1.807, 2.05) is 42.7 Å². The summed E-state index contributed by atoms with van der Waals surface area (Å²) in [6.07, 6.45) is 9.05. The number of sulfone groups is 1. The number of para-hydroxylation sites is 1.